The first-order chi connectivity index (χ1) is 7.31. The third-order valence-electron chi connectivity index (χ3n) is 1.54. The van der Waals surface area contributed by atoms with E-state index in [1.165, 1.54) is 11.3 Å². The van der Waals surface area contributed by atoms with Gasteiger partial charge in [-0.3, -0.25) is 0 Å². The number of aromatic nitrogens is 3. The van der Waals surface area contributed by atoms with Gasteiger partial charge in [-0.15, -0.1) is 11.3 Å². The zero-order valence-electron chi connectivity index (χ0n) is 7.84. The van der Waals surface area contributed by atoms with Gasteiger partial charge >= 0.3 is 5.97 Å². The zero-order valence-corrected chi connectivity index (χ0v) is 8.65. The normalized spacial score (nSPS) is 10.2. The molecule has 0 amide bonds. The second-order valence-corrected chi connectivity index (χ2v) is 3.24. The molecule has 0 saturated heterocycles. The Bertz CT molecular complexity index is 451. The van der Waals surface area contributed by atoms with Gasteiger partial charge in [-0.1, -0.05) is 0 Å². The van der Waals surface area contributed by atoms with Gasteiger partial charge in [0.1, 0.15) is 5.69 Å². The Hall–Kier alpha value is -1.76. The molecule has 2 aromatic heterocycles. The lowest BCUT2D eigenvalue weighted by molar-refractivity contribution is 0.0508. The van der Waals surface area contributed by atoms with E-state index in [0.29, 0.717) is 5.69 Å². The van der Waals surface area contributed by atoms with E-state index < -0.39 is 5.97 Å². The molecule has 7 heteroatoms. The molecule has 0 N–H and O–H groups in total. The van der Waals surface area contributed by atoms with Crippen molar-refractivity contribution in [1.82, 2.24) is 15.1 Å². The van der Waals surface area contributed by atoms with E-state index in [0.717, 1.165) is 0 Å². The van der Waals surface area contributed by atoms with Crippen molar-refractivity contribution in [2.24, 2.45) is 0 Å². The van der Waals surface area contributed by atoms with Crippen molar-refractivity contribution in [1.29, 1.82) is 0 Å². The number of thiazole rings is 1. The summed E-state index contributed by atoms with van der Waals surface area (Å²) in [6, 6.07) is 0. The van der Waals surface area contributed by atoms with Gasteiger partial charge in [-0.05, 0) is 12.1 Å². The number of ether oxygens (including phenoxy) is 1. The maximum atomic E-state index is 11.2. The summed E-state index contributed by atoms with van der Waals surface area (Å²) in [5, 5.41) is 5.25. The molecule has 0 radical (unpaired) electrons. The van der Waals surface area contributed by atoms with Crippen LogP contribution in [-0.4, -0.2) is 27.7 Å². The van der Waals surface area contributed by atoms with Gasteiger partial charge in [-0.2, -0.15) is 4.98 Å². The summed E-state index contributed by atoms with van der Waals surface area (Å²) in [5.74, 6) is -0.457. The third kappa shape index (κ3) is 2.01. The Labute approximate surface area is 88.9 Å². The summed E-state index contributed by atoms with van der Waals surface area (Å²) < 4.78 is 9.58. The fourth-order valence-corrected chi connectivity index (χ4v) is 1.45. The molecular formula is C8H7N3O3S. The molecule has 2 aromatic rings. The van der Waals surface area contributed by atoms with Crippen molar-refractivity contribution in [2.45, 2.75) is 6.92 Å². The van der Waals surface area contributed by atoms with E-state index in [2.05, 4.69) is 15.1 Å². The lowest BCUT2D eigenvalue weighted by atomic mass is 10.5. The molecule has 0 aliphatic heterocycles. The minimum absolute atomic E-state index is 0.0835. The first kappa shape index (κ1) is 9.78. The molecule has 0 atom stereocenters. The van der Waals surface area contributed by atoms with E-state index in [1.807, 2.05) is 0 Å². The number of rotatable bonds is 3. The smallest absolute Gasteiger partial charge is 0.379 e. The Morgan fingerprint density at radius 1 is 1.67 bits per heavy atom. The molecule has 0 bridgehead atoms. The van der Waals surface area contributed by atoms with Crippen molar-refractivity contribution in [3.8, 4) is 11.6 Å². The fraction of sp³-hybridized carbons (Fsp3) is 0.250. The first-order valence-electron chi connectivity index (χ1n) is 4.20. The third-order valence-corrected chi connectivity index (χ3v) is 2.12. The predicted molar refractivity (Wildman–Crippen MR) is 51.4 cm³/mol. The molecular weight excluding hydrogens is 218 g/mol. The first-order valence-corrected chi connectivity index (χ1v) is 5.15. The molecule has 0 spiro atoms. The van der Waals surface area contributed by atoms with Gasteiger partial charge in [0.15, 0.2) is 0 Å². The maximum absolute atomic E-state index is 11.2. The highest BCUT2D eigenvalue weighted by Gasteiger charge is 2.17. The Kier molecular flexibility index (Phi) is 2.72. The Morgan fingerprint density at radius 3 is 3.20 bits per heavy atom. The van der Waals surface area contributed by atoms with Crippen LogP contribution in [0, 0.1) is 0 Å². The molecule has 0 fully saturated rings. The quantitative estimate of drug-likeness (QED) is 0.734. The molecule has 0 aliphatic carbocycles. The molecule has 0 unspecified atom stereocenters. The second-order valence-electron chi connectivity index (χ2n) is 2.52. The lowest BCUT2D eigenvalue weighted by Crippen LogP contribution is -2.06. The van der Waals surface area contributed by atoms with Crippen molar-refractivity contribution in [2.75, 3.05) is 6.61 Å². The molecule has 0 aliphatic rings. The van der Waals surface area contributed by atoms with Crippen molar-refractivity contribution in [3.63, 3.8) is 0 Å². The van der Waals surface area contributed by atoms with Gasteiger partial charge in [0.05, 0.1) is 12.1 Å². The summed E-state index contributed by atoms with van der Waals surface area (Å²) in [7, 11) is 0. The Morgan fingerprint density at radius 2 is 2.53 bits per heavy atom. The molecule has 0 aromatic carbocycles. The van der Waals surface area contributed by atoms with Crippen LogP contribution in [0.4, 0.5) is 0 Å². The van der Waals surface area contributed by atoms with E-state index in [1.54, 1.807) is 17.8 Å². The van der Waals surface area contributed by atoms with Crippen molar-refractivity contribution in [3.05, 3.63) is 16.7 Å². The second kappa shape index (κ2) is 4.18. The number of carbonyl (C=O) groups excluding carboxylic acids is 1. The van der Waals surface area contributed by atoms with Gasteiger partial charge in [-0.25, -0.2) is 9.78 Å². The van der Waals surface area contributed by atoms with Crippen LogP contribution in [0.2, 0.25) is 0 Å². The minimum atomic E-state index is -0.595. The van der Waals surface area contributed by atoms with Gasteiger partial charge in [0.2, 0.25) is 0 Å². The van der Waals surface area contributed by atoms with Crippen molar-refractivity contribution >= 4 is 17.3 Å². The van der Waals surface area contributed by atoms with E-state index in [4.69, 9.17) is 9.26 Å². The van der Waals surface area contributed by atoms with Crippen LogP contribution in [-0.2, 0) is 4.74 Å². The number of carbonyl (C=O) groups is 1. The minimum Gasteiger partial charge on any atom is -0.460 e. The summed E-state index contributed by atoms with van der Waals surface area (Å²) in [4.78, 5) is 19.0. The molecule has 2 rings (SSSR count). The van der Waals surface area contributed by atoms with Crippen LogP contribution in [0.25, 0.3) is 11.6 Å². The van der Waals surface area contributed by atoms with Crippen LogP contribution >= 0.6 is 11.3 Å². The topological polar surface area (TPSA) is 78.1 Å². The average Bonchev–Trinajstić information content (AvgIpc) is 2.89. The molecule has 78 valence electrons. The zero-order chi connectivity index (χ0) is 10.7. The van der Waals surface area contributed by atoms with Crippen LogP contribution in [0.1, 0.15) is 17.5 Å². The highest BCUT2D eigenvalue weighted by atomic mass is 32.1. The van der Waals surface area contributed by atoms with Crippen LogP contribution < -0.4 is 0 Å². The average molecular weight is 225 g/mol. The number of nitrogens with zero attached hydrogens (tertiary/aromatic N) is 3. The predicted octanol–water partition coefficient (Wildman–Crippen LogP) is 1.37. The Balaban J connectivity index is 2.21. The molecule has 15 heavy (non-hydrogen) atoms. The standard InChI is InChI=1S/C8H7N3O3S/c1-2-13-8(12)6-10-7(14-11-6)5-3-15-4-9-5/h3-4H,2H2,1H3. The summed E-state index contributed by atoms with van der Waals surface area (Å²) >= 11 is 1.41. The van der Waals surface area contributed by atoms with E-state index in [-0.39, 0.29) is 18.3 Å². The monoisotopic (exact) mass is 225 g/mol. The van der Waals surface area contributed by atoms with Crippen LogP contribution in [0.15, 0.2) is 15.4 Å². The van der Waals surface area contributed by atoms with Crippen LogP contribution in [0.3, 0.4) is 0 Å². The van der Waals surface area contributed by atoms with Gasteiger partial charge in [0, 0.05) is 5.38 Å². The van der Waals surface area contributed by atoms with E-state index >= 15 is 0 Å². The largest absolute Gasteiger partial charge is 0.460 e. The summed E-state index contributed by atoms with van der Waals surface area (Å²) in [6.45, 7) is 1.98. The molecule has 2 heterocycles. The maximum Gasteiger partial charge on any atom is 0.379 e. The molecule has 6 nitrogen and oxygen atoms in total. The van der Waals surface area contributed by atoms with Crippen molar-refractivity contribution < 1.29 is 14.1 Å². The van der Waals surface area contributed by atoms with Crippen LogP contribution in [0.5, 0.6) is 0 Å². The fourth-order valence-electron chi connectivity index (χ4n) is 0.924. The lowest BCUT2D eigenvalue weighted by Gasteiger charge is -1.93. The highest BCUT2D eigenvalue weighted by Crippen LogP contribution is 2.16. The number of esters is 1. The molecule has 0 saturated carbocycles. The SMILES string of the molecule is CCOC(=O)c1noc(-c2cscn2)n1. The highest BCUT2D eigenvalue weighted by molar-refractivity contribution is 7.07. The van der Waals surface area contributed by atoms with Gasteiger partial charge < -0.3 is 9.26 Å². The van der Waals surface area contributed by atoms with Gasteiger partial charge in [0.25, 0.3) is 11.7 Å². The number of hydrogen-bond acceptors (Lipinski definition) is 7. The van der Waals surface area contributed by atoms with E-state index in [9.17, 15) is 4.79 Å². The summed E-state index contributed by atoms with van der Waals surface area (Å²) in [5.41, 5.74) is 2.20. The number of hydrogen-bond donors (Lipinski definition) is 0. The summed E-state index contributed by atoms with van der Waals surface area (Å²) in [6.07, 6.45) is 0.